The number of hydrogen-bond donors (Lipinski definition) is 2. The Labute approximate surface area is 156 Å². The van der Waals surface area contributed by atoms with Gasteiger partial charge in [0.05, 0.1) is 10.7 Å². The van der Waals surface area contributed by atoms with E-state index < -0.39 is 29.7 Å². The highest BCUT2D eigenvalue weighted by atomic mass is 35.5. The molecule has 0 spiro atoms. The third-order valence-electron chi connectivity index (χ3n) is 4.04. The maximum absolute atomic E-state index is 12.6. The molecule has 6 nitrogen and oxygen atoms in total. The number of halogens is 2. The summed E-state index contributed by atoms with van der Waals surface area (Å²) in [6.07, 6.45) is 0.591. The van der Waals surface area contributed by atoms with E-state index in [1.807, 2.05) is 13.8 Å². The highest BCUT2D eigenvalue weighted by Gasteiger charge is 2.39. The second-order valence-electron chi connectivity index (χ2n) is 6.46. The summed E-state index contributed by atoms with van der Waals surface area (Å²) < 4.78 is 0. The van der Waals surface area contributed by atoms with E-state index in [4.69, 9.17) is 23.2 Å². The molecule has 2 atom stereocenters. The molecule has 1 fully saturated rings. The zero-order chi connectivity index (χ0) is 18.7. The van der Waals surface area contributed by atoms with E-state index in [-0.39, 0.29) is 5.92 Å². The van der Waals surface area contributed by atoms with Crippen LogP contribution in [0.15, 0.2) is 18.2 Å². The summed E-state index contributed by atoms with van der Waals surface area (Å²) in [6, 6.07) is 3.76. The monoisotopic (exact) mass is 386 g/mol. The van der Waals surface area contributed by atoms with E-state index in [1.165, 1.54) is 4.90 Å². The molecule has 1 heterocycles. The van der Waals surface area contributed by atoms with Crippen molar-refractivity contribution in [3.05, 3.63) is 28.2 Å². The van der Waals surface area contributed by atoms with E-state index in [0.29, 0.717) is 35.1 Å². The standard InChI is InChI=1S/C17H20Cl2N2O4/c1-9(2)7-13(17(24)25)20-15(22)11-5-6-21(16(11)23)14-8-10(18)3-4-12(14)19/h3-4,8-9,11,13H,5-7H2,1-2H3,(H,20,22)(H,24,25)/t11?,13-/m0/s1. The number of anilines is 1. The number of amides is 2. The number of rotatable bonds is 6. The Hall–Kier alpha value is -1.79. The molecule has 2 N–H and O–H groups in total. The molecule has 1 unspecified atom stereocenters. The van der Waals surface area contributed by atoms with E-state index >= 15 is 0 Å². The van der Waals surface area contributed by atoms with Crippen molar-refractivity contribution in [1.29, 1.82) is 0 Å². The number of hydrogen-bond acceptors (Lipinski definition) is 3. The SMILES string of the molecule is CC(C)C[C@H](NC(=O)C1CCN(c2cc(Cl)ccc2Cl)C1=O)C(=O)O. The zero-order valence-corrected chi connectivity index (χ0v) is 15.5. The lowest BCUT2D eigenvalue weighted by molar-refractivity contribution is -0.144. The van der Waals surface area contributed by atoms with Gasteiger partial charge in [0.1, 0.15) is 12.0 Å². The van der Waals surface area contributed by atoms with Crippen molar-refractivity contribution in [1.82, 2.24) is 5.32 Å². The third kappa shape index (κ3) is 4.64. The highest BCUT2D eigenvalue weighted by molar-refractivity contribution is 6.36. The van der Waals surface area contributed by atoms with Gasteiger partial charge >= 0.3 is 5.97 Å². The second kappa shape index (κ2) is 8.06. The lowest BCUT2D eigenvalue weighted by Gasteiger charge is -2.20. The molecule has 8 heteroatoms. The predicted octanol–water partition coefficient (Wildman–Crippen LogP) is 2.96. The summed E-state index contributed by atoms with van der Waals surface area (Å²) in [5.41, 5.74) is 0.450. The van der Waals surface area contributed by atoms with Crippen LogP contribution in [0.3, 0.4) is 0 Å². The molecule has 2 amide bonds. The molecule has 0 aliphatic carbocycles. The van der Waals surface area contributed by atoms with Crippen molar-refractivity contribution in [2.45, 2.75) is 32.7 Å². The fourth-order valence-electron chi connectivity index (χ4n) is 2.82. The molecule has 0 radical (unpaired) electrons. The molecule has 1 aliphatic rings. The van der Waals surface area contributed by atoms with Crippen molar-refractivity contribution in [2.24, 2.45) is 11.8 Å². The molecular formula is C17H20Cl2N2O4. The quantitative estimate of drug-likeness (QED) is 0.735. The van der Waals surface area contributed by atoms with Crippen LogP contribution in [0, 0.1) is 11.8 Å². The fraction of sp³-hybridized carbons (Fsp3) is 0.471. The maximum Gasteiger partial charge on any atom is 0.326 e. The Morgan fingerprint density at radius 1 is 1.36 bits per heavy atom. The first-order valence-corrected chi connectivity index (χ1v) is 8.76. The van der Waals surface area contributed by atoms with Gasteiger partial charge in [0.2, 0.25) is 11.8 Å². The average Bonchev–Trinajstić information content (AvgIpc) is 2.90. The van der Waals surface area contributed by atoms with Gasteiger partial charge in [-0.2, -0.15) is 0 Å². The molecule has 0 bridgehead atoms. The number of aliphatic carboxylic acids is 1. The summed E-state index contributed by atoms with van der Waals surface area (Å²) in [5.74, 6) is -2.91. The summed E-state index contributed by atoms with van der Waals surface area (Å²) in [6.45, 7) is 4.05. The van der Waals surface area contributed by atoms with Gasteiger partial charge in [-0.15, -0.1) is 0 Å². The number of carboxylic acids is 1. The number of carbonyl (C=O) groups excluding carboxylic acids is 2. The number of nitrogens with zero attached hydrogens (tertiary/aromatic N) is 1. The van der Waals surface area contributed by atoms with Crippen LogP contribution >= 0.6 is 23.2 Å². The van der Waals surface area contributed by atoms with Gasteiger partial charge in [-0.3, -0.25) is 9.59 Å². The summed E-state index contributed by atoms with van der Waals surface area (Å²) in [7, 11) is 0. The van der Waals surface area contributed by atoms with Gasteiger partial charge in [-0.05, 0) is 37.0 Å². The van der Waals surface area contributed by atoms with Crippen LogP contribution in [0.4, 0.5) is 5.69 Å². The molecule has 1 aliphatic heterocycles. The third-order valence-corrected chi connectivity index (χ3v) is 4.60. The van der Waals surface area contributed by atoms with Crippen LogP contribution < -0.4 is 10.2 Å². The number of benzene rings is 1. The van der Waals surface area contributed by atoms with E-state index in [9.17, 15) is 19.5 Å². The van der Waals surface area contributed by atoms with E-state index in [2.05, 4.69) is 5.32 Å². The van der Waals surface area contributed by atoms with Crippen LogP contribution in [0.1, 0.15) is 26.7 Å². The number of carbonyl (C=O) groups is 3. The van der Waals surface area contributed by atoms with Crippen molar-refractivity contribution >= 4 is 46.7 Å². The smallest absolute Gasteiger partial charge is 0.326 e. The zero-order valence-electron chi connectivity index (χ0n) is 14.0. The summed E-state index contributed by atoms with van der Waals surface area (Å²) in [4.78, 5) is 37.7. The highest BCUT2D eigenvalue weighted by Crippen LogP contribution is 2.33. The van der Waals surface area contributed by atoms with Gasteiger partial charge < -0.3 is 15.3 Å². The average molecular weight is 387 g/mol. The summed E-state index contributed by atoms with van der Waals surface area (Å²) >= 11 is 12.1. The van der Waals surface area contributed by atoms with Crippen molar-refractivity contribution < 1.29 is 19.5 Å². The molecule has 1 saturated heterocycles. The minimum Gasteiger partial charge on any atom is -0.480 e. The minimum atomic E-state index is -1.11. The van der Waals surface area contributed by atoms with Crippen LogP contribution in [0.25, 0.3) is 0 Å². The topological polar surface area (TPSA) is 86.7 Å². The Bertz CT molecular complexity index is 693. The minimum absolute atomic E-state index is 0.0995. The van der Waals surface area contributed by atoms with Gasteiger partial charge in [-0.25, -0.2) is 4.79 Å². The van der Waals surface area contributed by atoms with Gasteiger partial charge in [-0.1, -0.05) is 37.0 Å². The van der Waals surface area contributed by atoms with Crippen LogP contribution in [-0.4, -0.2) is 35.5 Å². The molecule has 0 saturated carbocycles. The molecular weight excluding hydrogens is 367 g/mol. The van der Waals surface area contributed by atoms with Crippen LogP contribution in [0.2, 0.25) is 10.0 Å². The van der Waals surface area contributed by atoms with Crippen molar-refractivity contribution in [3.63, 3.8) is 0 Å². The lowest BCUT2D eigenvalue weighted by Crippen LogP contribution is -2.46. The molecule has 1 aromatic rings. The summed E-state index contributed by atoms with van der Waals surface area (Å²) in [5, 5.41) is 12.5. The Morgan fingerprint density at radius 3 is 2.64 bits per heavy atom. The van der Waals surface area contributed by atoms with Crippen molar-refractivity contribution in [3.8, 4) is 0 Å². The molecule has 25 heavy (non-hydrogen) atoms. The molecule has 2 rings (SSSR count). The Balaban J connectivity index is 2.11. The molecule has 136 valence electrons. The number of carboxylic acid groups (broad SMARTS) is 1. The fourth-order valence-corrected chi connectivity index (χ4v) is 3.21. The van der Waals surface area contributed by atoms with E-state index in [0.717, 1.165) is 0 Å². The van der Waals surface area contributed by atoms with Crippen LogP contribution in [0.5, 0.6) is 0 Å². The van der Waals surface area contributed by atoms with Gasteiger partial charge in [0, 0.05) is 11.6 Å². The normalized spacial score (nSPS) is 18.5. The Morgan fingerprint density at radius 2 is 2.04 bits per heavy atom. The molecule has 0 aromatic heterocycles. The number of nitrogens with one attached hydrogen (secondary N) is 1. The lowest BCUT2D eigenvalue weighted by atomic mass is 10.0. The Kier molecular flexibility index (Phi) is 6.30. The van der Waals surface area contributed by atoms with Crippen LogP contribution in [-0.2, 0) is 14.4 Å². The maximum atomic E-state index is 12.6. The first kappa shape index (κ1) is 19.5. The van der Waals surface area contributed by atoms with E-state index in [1.54, 1.807) is 18.2 Å². The predicted molar refractivity (Wildman–Crippen MR) is 95.9 cm³/mol. The van der Waals surface area contributed by atoms with Gasteiger partial charge in [0.15, 0.2) is 0 Å². The molecule has 1 aromatic carbocycles. The first-order valence-electron chi connectivity index (χ1n) is 8.00. The first-order chi connectivity index (χ1) is 11.7. The van der Waals surface area contributed by atoms with Crippen molar-refractivity contribution in [2.75, 3.05) is 11.4 Å². The second-order valence-corrected chi connectivity index (χ2v) is 7.30. The largest absolute Gasteiger partial charge is 0.480 e. The van der Waals surface area contributed by atoms with Gasteiger partial charge in [0.25, 0.3) is 0 Å².